The zero-order chi connectivity index (χ0) is 15.1. The first-order valence-corrected chi connectivity index (χ1v) is 7.69. The molecule has 1 heterocycles. The van der Waals surface area contributed by atoms with E-state index in [4.69, 9.17) is 5.73 Å². The average Bonchev–Trinajstić information content (AvgIpc) is 2.48. The zero-order valence-corrected chi connectivity index (χ0v) is 12.7. The highest BCUT2D eigenvalue weighted by molar-refractivity contribution is 7.99. The Balaban J connectivity index is 1.72. The van der Waals surface area contributed by atoms with Gasteiger partial charge in [-0.3, -0.25) is 4.79 Å². The molecular formula is C15H18N4OS. The number of nitrogen functional groups attached to an aromatic ring is 1. The van der Waals surface area contributed by atoms with Gasteiger partial charge >= 0.3 is 0 Å². The summed E-state index contributed by atoms with van der Waals surface area (Å²) in [5, 5.41) is 3.64. The van der Waals surface area contributed by atoms with E-state index >= 15 is 0 Å². The summed E-state index contributed by atoms with van der Waals surface area (Å²) in [5.74, 6) is 0.829. The van der Waals surface area contributed by atoms with E-state index in [-0.39, 0.29) is 5.91 Å². The molecule has 0 radical (unpaired) electrons. The van der Waals surface area contributed by atoms with Crippen LogP contribution in [-0.4, -0.2) is 21.6 Å². The van der Waals surface area contributed by atoms with E-state index in [1.807, 2.05) is 19.1 Å². The Morgan fingerprint density at radius 3 is 2.81 bits per heavy atom. The number of benzene rings is 1. The number of nitrogens with two attached hydrogens (primary N) is 1. The number of hydrogen-bond acceptors (Lipinski definition) is 5. The number of carbonyl (C=O) groups is 1. The Morgan fingerprint density at radius 1 is 1.33 bits per heavy atom. The highest BCUT2D eigenvalue weighted by Crippen LogP contribution is 2.18. The molecule has 2 aromatic rings. The van der Waals surface area contributed by atoms with Gasteiger partial charge in [0, 0.05) is 35.9 Å². The first-order valence-electron chi connectivity index (χ1n) is 6.71. The van der Waals surface area contributed by atoms with Crippen LogP contribution in [0.3, 0.4) is 0 Å². The molecule has 1 amide bonds. The molecule has 21 heavy (non-hydrogen) atoms. The molecule has 3 N–H and O–H groups in total. The van der Waals surface area contributed by atoms with Crippen molar-refractivity contribution >= 4 is 29.0 Å². The van der Waals surface area contributed by atoms with E-state index < -0.39 is 0 Å². The SMILES string of the molecule is Cc1cc(N)ccc1NC(=O)CCCSc1ncccn1. The number of nitrogens with zero attached hydrogens (tertiary/aromatic N) is 2. The lowest BCUT2D eigenvalue weighted by atomic mass is 10.1. The molecule has 2 rings (SSSR count). The van der Waals surface area contributed by atoms with Crippen molar-refractivity contribution in [2.24, 2.45) is 0 Å². The summed E-state index contributed by atoms with van der Waals surface area (Å²) >= 11 is 1.56. The summed E-state index contributed by atoms with van der Waals surface area (Å²) in [6, 6.07) is 7.24. The average molecular weight is 302 g/mol. The fourth-order valence-electron chi connectivity index (χ4n) is 1.80. The smallest absolute Gasteiger partial charge is 0.224 e. The van der Waals surface area contributed by atoms with Crippen LogP contribution in [0.5, 0.6) is 0 Å². The second-order valence-corrected chi connectivity index (χ2v) is 5.67. The molecular weight excluding hydrogens is 284 g/mol. The topological polar surface area (TPSA) is 80.9 Å². The zero-order valence-electron chi connectivity index (χ0n) is 11.9. The molecule has 0 spiro atoms. The number of aryl methyl sites for hydroxylation is 1. The number of hydrogen-bond donors (Lipinski definition) is 2. The molecule has 0 fully saturated rings. The highest BCUT2D eigenvalue weighted by atomic mass is 32.2. The van der Waals surface area contributed by atoms with Gasteiger partial charge in [0.15, 0.2) is 5.16 Å². The lowest BCUT2D eigenvalue weighted by Gasteiger charge is -2.08. The number of amides is 1. The third-order valence-electron chi connectivity index (χ3n) is 2.85. The van der Waals surface area contributed by atoms with Crippen molar-refractivity contribution < 1.29 is 4.79 Å². The molecule has 6 heteroatoms. The molecule has 0 saturated carbocycles. The van der Waals surface area contributed by atoms with Crippen LogP contribution < -0.4 is 11.1 Å². The third-order valence-corrected chi connectivity index (χ3v) is 3.81. The predicted octanol–water partition coefficient (Wildman–Crippen LogP) is 2.88. The summed E-state index contributed by atoms with van der Waals surface area (Å²) in [7, 11) is 0. The van der Waals surface area contributed by atoms with Gasteiger partial charge in [0.1, 0.15) is 0 Å². The second-order valence-electron chi connectivity index (χ2n) is 4.61. The van der Waals surface area contributed by atoms with Gasteiger partial charge in [-0.25, -0.2) is 9.97 Å². The van der Waals surface area contributed by atoms with Crippen molar-refractivity contribution in [3.8, 4) is 0 Å². The number of aromatic nitrogens is 2. The van der Waals surface area contributed by atoms with Crippen LogP contribution in [0.4, 0.5) is 11.4 Å². The Morgan fingerprint density at radius 2 is 2.10 bits per heavy atom. The first-order chi connectivity index (χ1) is 10.1. The summed E-state index contributed by atoms with van der Waals surface area (Å²) in [5.41, 5.74) is 8.16. The van der Waals surface area contributed by atoms with E-state index in [0.717, 1.165) is 28.6 Å². The molecule has 0 atom stereocenters. The maximum atomic E-state index is 11.9. The molecule has 0 saturated heterocycles. The van der Waals surface area contributed by atoms with Crippen molar-refractivity contribution in [1.29, 1.82) is 0 Å². The highest BCUT2D eigenvalue weighted by Gasteiger charge is 2.05. The number of thioether (sulfide) groups is 1. The summed E-state index contributed by atoms with van der Waals surface area (Å²) in [4.78, 5) is 20.1. The molecule has 5 nitrogen and oxygen atoms in total. The van der Waals surface area contributed by atoms with E-state index in [1.54, 1.807) is 36.3 Å². The fraction of sp³-hybridized carbons (Fsp3) is 0.267. The van der Waals surface area contributed by atoms with Crippen LogP contribution in [0, 0.1) is 6.92 Å². The number of rotatable bonds is 6. The Labute approximate surface area is 128 Å². The Hall–Kier alpha value is -2.08. The molecule has 110 valence electrons. The Kier molecular flexibility index (Phi) is 5.57. The third kappa shape index (κ3) is 5.07. The summed E-state index contributed by atoms with van der Waals surface area (Å²) < 4.78 is 0. The fourth-order valence-corrected chi connectivity index (χ4v) is 2.54. The largest absolute Gasteiger partial charge is 0.399 e. The van der Waals surface area contributed by atoms with Gasteiger partial charge in [-0.1, -0.05) is 11.8 Å². The molecule has 0 unspecified atom stereocenters. The normalized spacial score (nSPS) is 10.3. The molecule has 1 aromatic carbocycles. The molecule has 1 aromatic heterocycles. The molecule has 0 aliphatic carbocycles. The summed E-state index contributed by atoms with van der Waals surface area (Å²) in [6.45, 7) is 1.93. The van der Waals surface area contributed by atoms with Gasteiger partial charge in [0.2, 0.25) is 5.91 Å². The number of nitrogens with one attached hydrogen (secondary N) is 1. The van der Waals surface area contributed by atoms with Crippen molar-refractivity contribution in [2.75, 3.05) is 16.8 Å². The van der Waals surface area contributed by atoms with E-state index in [2.05, 4.69) is 15.3 Å². The minimum Gasteiger partial charge on any atom is -0.399 e. The maximum absolute atomic E-state index is 11.9. The van der Waals surface area contributed by atoms with Gasteiger partial charge < -0.3 is 11.1 Å². The van der Waals surface area contributed by atoms with E-state index in [9.17, 15) is 4.79 Å². The maximum Gasteiger partial charge on any atom is 0.224 e. The minimum absolute atomic E-state index is 0.0115. The van der Waals surface area contributed by atoms with Crippen LogP contribution in [0.1, 0.15) is 18.4 Å². The monoisotopic (exact) mass is 302 g/mol. The second kappa shape index (κ2) is 7.64. The van der Waals surface area contributed by atoms with Gasteiger partial charge in [-0.15, -0.1) is 0 Å². The predicted molar refractivity (Wildman–Crippen MR) is 86.2 cm³/mol. The molecule has 0 bridgehead atoms. The van der Waals surface area contributed by atoms with Crippen LogP contribution >= 0.6 is 11.8 Å². The lowest BCUT2D eigenvalue weighted by molar-refractivity contribution is -0.116. The van der Waals surface area contributed by atoms with Crippen LogP contribution in [0.25, 0.3) is 0 Å². The minimum atomic E-state index is 0.0115. The number of anilines is 2. The number of carbonyl (C=O) groups excluding carboxylic acids is 1. The van der Waals surface area contributed by atoms with Crippen LogP contribution in [-0.2, 0) is 4.79 Å². The van der Waals surface area contributed by atoms with Crippen molar-refractivity contribution in [1.82, 2.24) is 9.97 Å². The van der Waals surface area contributed by atoms with Crippen molar-refractivity contribution in [3.63, 3.8) is 0 Å². The molecule has 0 aliphatic heterocycles. The van der Waals surface area contributed by atoms with Crippen LogP contribution in [0.2, 0.25) is 0 Å². The van der Waals surface area contributed by atoms with Crippen molar-refractivity contribution in [2.45, 2.75) is 24.9 Å². The van der Waals surface area contributed by atoms with Crippen molar-refractivity contribution in [3.05, 3.63) is 42.2 Å². The lowest BCUT2D eigenvalue weighted by Crippen LogP contribution is -2.12. The van der Waals surface area contributed by atoms with E-state index in [1.165, 1.54) is 0 Å². The quantitative estimate of drug-likeness (QED) is 0.371. The van der Waals surface area contributed by atoms with Gasteiger partial charge in [0.25, 0.3) is 0 Å². The molecule has 0 aliphatic rings. The standard InChI is InChI=1S/C15H18N4OS/c1-11-10-12(16)5-6-13(11)19-14(20)4-2-9-21-15-17-7-3-8-18-15/h3,5-8,10H,2,4,9,16H2,1H3,(H,19,20). The Bertz CT molecular complexity index is 604. The van der Waals surface area contributed by atoms with E-state index in [0.29, 0.717) is 12.1 Å². The van der Waals surface area contributed by atoms with Gasteiger partial charge in [-0.2, -0.15) is 0 Å². The summed E-state index contributed by atoms with van der Waals surface area (Å²) in [6.07, 6.45) is 4.68. The van der Waals surface area contributed by atoms with Gasteiger partial charge in [0.05, 0.1) is 0 Å². The van der Waals surface area contributed by atoms with Crippen LogP contribution in [0.15, 0.2) is 41.8 Å². The van der Waals surface area contributed by atoms with Gasteiger partial charge in [-0.05, 0) is 43.2 Å². The first kappa shape index (κ1) is 15.3.